The van der Waals surface area contributed by atoms with Crippen LogP contribution >= 0.6 is 0 Å². The lowest BCUT2D eigenvalue weighted by Crippen LogP contribution is -2.32. The van der Waals surface area contributed by atoms with Crippen molar-refractivity contribution >= 4 is 0 Å². The average Bonchev–Trinajstić information content (AvgIpc) is 1.98. The summed E-state index contributed by atoms with van der Waals surface area (Å²) in [4.78, 5) is 2.64. The summed E-state index contributed by atoms with van der Waals surface area (Å²) in [6.07, 6.45) is 2.67. The molecule has 0 aromatic heterocycles. The molecule has 1 heteroatoms. The van der Waals surface area contributed by atoms with E-state index in [4.69, 9.17) is 0 Å². The molecule has 0 spiro atoms. The van der Waals surface area contributed by atoms with Crippen LogP contribution in [0.4, 0.5) is 0 Å². The number of nitrogens with zero attached hydrogens (tertiary/aromatic N) is 1. The molecular formula is C15H33N. The Labute approximate surface area is 104 Å². The molecule has 0 saturated carbocycles. The van der Waals surface area contributed by atoms with Crippen LogP contribution in [0.25, 0.3) is 0 Å². The Morgan fingerprint density at radius 1 is 0.875 bits per heavy atom. The molecule has 98 valence electrons. The quantitative estimate of drug-likeness (QED) is 0.622. The van der Waals surface area contributed by atoms with Gasteiger partial charge in [-0.25, -0.2) is 0 Å². The Morgan fingerprint density at radius 3 is 1.62 bits per heavy atom. The summed E-state index contributed by atoms with van der Waals surface area (Å²) >= 11 is 0. The molecule has 0 aromatic carbocycles. The van der Waals surface area contributed by atoms with Crippen LogP contribution in [0.5, 0.6) is 0 Å². The van der Waals surface area contributed by atoms with E-state index in [0.717, 1.165) is 11.8 Å². The number of rotatable bonds is 7. The second-order valence-electron chi connectivity index (χ2n) is 7.21. The molecule has 0 fully saturated rings. The summed E-state index contributed by atoms with van der Waals surface area (Å²) in [5, 5.41) is 0. The predicted molar refractivity (Wildman–Crippen MR) is 74.8 cm³/mol. The summed E-state index contributed by atoms with van der Waals surface area (Å²) in [5.41, 5.74) is 0.487. The summed E-state index contributed by atoms with van der Waals surface area (Å²) in [6, 6.07) is 0. The second-order valence-corrected chi connectivity index (χ2v) is 7.21. The maximum absolute atomic E-state index is 2.64. The zero-order valence-corrected chi connectivity index (χ0v) is 12.6. The minimum atomic E-state index is 0.487. The third kappa shape index (κ3) is 10.5. The van der Waals surface area contributed by atoms with Crippen LogP contribution in [0.2, 0.25) is 0 Å². The van der Waals surface area contributed by atoms with Gasteiger partial charge in [-0.15, -0.1) is 0 Å². The Kier molecular flexibility index (Phi) is 7.30. The first-order chi connectivity index (χ1) is 7.20. The molecule has 0 aromatic rings. The standard InChI is InChI=1S/C15H33N/c1-13(2)11-16(12-14(3)4)10-8-9-15(5,6)7/h13-14H,8-12H2,1-7H3. The monoisotopic (exact) mass is 227 g/mol. The third-order valence-corrected chi connectivity index (χ3v) is 2.65. The van der Waals surface area contributed by atoms with Gasteiger partial charge in [0.05, 0.1) is 0 Å². The highest BCUT2D eigenvalue weighted by molar-refractivity contribution is 4.66. The molecule has 16 heavy (non-hydrogen) atoms. The molecule has 0 amide bonds. The van der Waals surface area contributed by atoms with E-state index in [-0.39, 0.29) is 0 Å². The fourth-order valence-electron chi connectivity index (χ4n) is 2.12. The van der Waals surface area contributed by atoms with E-state index in [1.54, 1.807) is 0 Å². The molecule has 0 unspecified atom stereocenters. The predicted octanol–water partition coefficient (Wildman–Crippen LogP) is 4.43. The van der Waals surface area contributed by atoms with Gasteiger partial charge < -0.3 is 4.90 Å². The molecule has 0 aliphatic carbocycles. The Bertz CT molecular complexity index is 155. The van der Waals surface area contributed by atoms with Gasteiger partial charge in [0.1, 0.15) is 0 Å². The van der Waals surface area contributed by atoms with E-state index in [9.17, 15) is 0 Å². The molecule has 0 rings (SSSR count). The molecular weight excluding hydrogens is 194 g/mol. The van der Waals surface area contributed by atoms with Crippen molar-refractivity contribution in [2.24, 2.45) is 17.3 Å². The molecule has 0 saturated heterocycles. The van der Waals surface area contributed by atoms with Crippen LogP contribution in [-0.2, 0) is 0 Å². The van der Waals surface area contributed by atoms with Crippen molar-refractivity contribution in [3.8, 4) is 0 Å². The largest absolute Gasteiger partial charge is 0.303 e. The lowest BCUT2D eigenvalue weighted by atomic mass is 9.90. The topological polar surface area (TPSA) is 3.24 Å². The van der Waals surface area contributed by atoms with Crippen LogP contribution in [0.1, 0.15) is 61.3 Å². The van der Waals surface area contributed by atoms with Gasteiger partial charge in [-0.3, -0.25) is 0 Å². The van der Waals surface area contributed by atoms with Gasteiger partial charge in [0.15, 0.2) is 0 Å². The van der Waals surface area contributed by atoms with E-state index in [2.05, 4.69) is 53.4 Å². The van der Waals surface area contributed by atoms with Crippen molar-refractivity contribution in [1.82, 2.24) is 4.90 Å². The van der Waals surface area contributed by atoms with Gasteiger partial charge in [0, 0.05) is 13.1 Å². The van der Waals surface area contributed by atoms with E-state index < -0.39 is 0 Å². The Balaban J connectivity index is 3.92. The highest BCUT2D eigenvalue weighted by Crippen LogP contribution is 2.20. The zero-order chi connectivity index (χ0) is 12.8. The van der Waals surface area contributed by atoms with Gasteiger partial charge in [-0.05, 0) is 36.6 Å². The summed E-state index contributed by atoms with van der Waals surface area (Å²) in [7, 11) is 0. The summed E-state index contributed by atoms with van der Waals surface area (Å²) in [5.74, 6) is 1.57. The van der Waals surface area contributed by atoms with Crippen LogP contribution in [0, 0.1) is 17.3 Å². The van der Waals surface area contributed by atoms with E-state index in [0.29, 0.717) is 5.41 Å². The normalized spacial score (nSPS) is 13.1. The van der Waals surface area contributed by atoms with Crippen LogP contribution in [0.3, 0.4) is 0 Å². The van der Waals surface area contributed by atoms with Crippen LogP contribution < -0.4 is 0 Å². The van der Waals surface area contributed by atoms with Gasteiger partial charge in [0.2, 0.25) is 0 Å². The van der Waals surface area contributed by atoms with Crippen molar-refractivity contribution in [3.05, 3.63) is 0 Å². The van der Waals surface area contributed by atoms with Gasteiger partial charge >= 0.3 is 0 Å². The fourth-order valence-corrected chi connectivity index (χ4v) is 2.12. The smallest absolute Gasteiger partial charge is 0.000449 e. The average molecular weight is 227 g/mol. The maximum atomic E-state index is 2.64. The van der Waals surface area contributed by atoms with Gasteiger partial charge in [-0.2, -0.15) is 0 Å². The molecule has 0 heterocycles. The number of hydrogen-bond acceptors (Lipinski definition) is 1. The SMILES string of the molecule is CC(C)CN(CCCC(C)(C)C)CC(C)C. The van der Waals surface area contributed by atoms with Gasteiger partial charge in [-0.1, -0.05) is 48.5 Å². The van der Waals surface area contributed by atoms with Crippen LogP contribution in [-0.4, -0.2) is 24.5 Å². The molecule has 0 N–H and O–H groups in total. The molecule has 0 aliphatic rings. The fraction of sp³-hybridized carbons (Fsp3) is 1.00. The van der Waals surface area contributed by atoms with Crippen molar-refractivity contribution in [1.29, 1.82) is 0 Å². The maximum Gasteiger partial charge on any atom is 0.000449 e. The Hall–Kier alpha value is -0.0400. The third-order valence-electron chi connectivity index (χ3n) is 2.65. The first kappa shape index (κ1) is 16.0. The lowest BCUT2D eigenvalue weighted by Gasteiger charge is -2.27. The van der Waals surface area contributed by atoms with Crippen molar-refractivity contribution in [3.63, 3.8) is 0 Å². The second kappa shape index (κ2) is 7.32. The van der Waals surface area contributed by atoms with E-state index >= 15 is 0 Å². The highest BCUT2D eigenvalue weighted by Gasteiger charge is 2.13. The molecule has 0 bridgehead atoms. The van der Waals surface area contributed by atoms with E-state index in [1.807, 2.05) is 0 Å². The zero-order valence-electron chi connectivity index (χ0n) is 12.6. The molecule has 0 radical (unpaired) electrons. The summed E-state index contributed by atoms with van der Waals surface area (Å²) < 4.78 is 0. The first-order valence-corrected chi connectivity index (χ1v) is 6.93. The molecule has 0 atom stereocenters. The van der Waals surface area contributed by atoms with Crippen molar-refractivity contribution < 1.29 is 0 Å². The van der Waals surface area contributed by atoms with Crippen LogP contribution in [0.15, 0.2) is 0 Å². The van der Waals surface area contributed by atoms with Crippen molar-refractivity contribution in [2.45, 2.75) is 61.3 Å². The lowest BCUT2D eigenvalue weighted by molar-refractivity contribution is 0.204. The Morgan fingerprint density at radius 2 is 1.31 bits per heavy atom. The minimum Gasteiger partial charge on any atom is -0.303 e. The van der Waals surface area contributed by atoms with Crippen molar-refractivity contribution in [2.75, 3.05) is 19.6 Å². The number of hydrogen-bond donors (Lipinski definition) is 0. The van der Waals surface area contributed by atoms with E-state index in [1.165, 1.54) is 32.5 Å². The first-order valence-electron chi connectivity index (χ1n) is 6.93. The van der Waals surface area contributed by atoms with Gasteiger partial charge in [0.25, 0.3) is 0 Å². The summed E-state index contributed by atoms with van der Waals surface area (Å²) in [6.45, 7) is 20.0. The molecule has 1 nitrogen and oxygen atoms in total. The molecule has 0 aliphatic heterocycles. The highest BCUT2D eigenvalue weighted by atomic mass is 15.1. The minimum absolute atomic E-state index is 0.487.